The lowest BCUT2D eigenvalue weighted by Crippen LogP contribution is -2.01. The van der Waals surface area contributed by atoms with Crippen LogP contribution >= 0.6 is 0 Å². The van der Waals surface area contributed by atoms with Gasteiger partial charge in [0.15, 0.2) is 0 Å². The first kappa shape index (κ1) is 9.23. The molecule has 0 aliphatic carbocycles. The van der Waals surface area contributed by atoms with E-state index in [0.29, 0.717) is 19.8 Å². The first-order valence-electron chi connectivity index (χ1n) is 4.04. The van der Waals surface area contributed by atoms with Crippen LogP contribution in [-0.2, 0) is 16.1 Å². The standard InChI is InChI=1S/C10H14O2/c1-11-7-8-12-9-10-5-3-2-4-6-10/h2-6H,7-9H2,1H3. The van der Waals surface area contributed by atoms with Crippen LogP contribution in [0.5, 0.6) is 0 Å². The zero-order chi connectivity index (χ0) is 8.65. The summed E-state index contributed by atoms with van der Waals surface area (Å²) in [5.41, 5.74) is 1.20. The molecule has 0 aliphatic rings. The molecule has 0 aliphatic heterocycles. The summed E-state index contributed by atoms with van der Waals surface area (Å²) in [5, 5.41) is 0. The molecule has 0 radical (unpaired) electrons. The minimum atomic E-state index is 0.658. The normalized spacial score (nSPS) is 10.1. The average Bonchev–Trinajstić information content (AvgIpc) is 2.14. The highest BCUT2D eigenvalue weighted by Gasteiger charge is 1.89. The number of benzene rings is 1. The molecule has 0 spiro atoms. The number of hydrogen-bond donors (Lipinski definition) is 0. The second-order valence-electron chi connectivity index (χ2n) is 2.53. The van der Waals surface area contributed by atoms with Gasteiger partial charge in [0.05, 0.1) is 19.8 Å². The number of methoxy groups -OCH3 is 1. The SMILES string of the molecule is COCCOCc1ccccc1. The lowest BCUT2D eigenvalue weighted by atomic mass is 10.2. The second-order valence-corrected chi connectivity index (χ2v) is 2.53. The van der Waals surface area contributed by atoms with E-state index in [1.807, 2.05) is 30.3 Å². The maximum Gasteiger partial charge on any atom is 0.0718 e. The predicted octanol–water partition coefficient (Wildman–Crippen LogP) is 1.85. The Hall–Kier alpha value is -0.860. The van der Waals surface area contributed by atoms with Gasteiger partial charge < -0.3 is 9.47 Å². The molecular weight excluding hydrogens is 152 g/mol. The van der Waals surface area contributed by atoms with E-state index in [0.717, 1.165) is 0 Å². The van der Waals surface area contributed by atoms with Crippen molar-refractivity contribution in [3.63, 3.8) is 0 Å². The number of rotatable bonds is 5. The third-order valence-corrected chi connectivity index (χ3v) is 1.54. The summed E-state index contributed by atoms with van der Waals surface area (Å²) in [6.07, 6.45) is 0. The topological polar surface area (TPSA) is 18.5 Å². The fourth-order valence-electron chi connectivity index (χ4n) is 0.907. The van der Waals surface area contributed by atoms with E-state index in [1.54, 1.807) is 7.11 Å². The molecule has 0 aromatic heterocycles. The summed E-state index contributed by atoms with van der Waals surface area (Å²) in [5.74, 6) is 0. The smallest absolute Gasteiger partial charge is 0.0718 e. The largest absolute Gasteiger partial charge is 0.382 e. The summed E-state index contributed by atoms with van der Waals surface area (Å²) < 4.78 is 10.2. The summed E-state index contributed by atoms with van der Waals surface area (Å²) in [6, 6.07) is 10.1. The molecule has 0 saturated carbocycles. The van der Waals surface area contributed by atoms with Crippen molar-refractivity contribution in [2.45, 2.75) is 6.61 Å². The molecule has 66 valence electrons. The molecule has 1 rings (SSSR count). The van der Waals surface area contributed by atoms with Crippen LogP contribution in [0.15, 0.2) is 30.3 Å². The lowest BCUT2D eigenvalue weighted by molar-refractivity contribution is 0.0616. The van der Waals surface area contributed by atoms with Gasteiger partial charge >= 0.3 is 0 Å². The molecule has 2 nitrogen and oxygen atoms in total. The van der Waals surface area contributed by atoms with Crippen molar-refractivity contribution in [2.75, 3.05) is 20.3 Å². The van der Waals surface area contributed by atoms with Gasteiger partial charge in [-0.25, -0.2) is 0 Å². The van der Waals surface area contributed by atoms with Crippen LogP contribution in [-0.4, -0.2) is 20.3 Å². The van der Waals surface area contributed by atoms with Crippen LogP contribution in [0.4, 0.5) is 0 Å². The quantitative estimate of drug-likeness (QED) is 0.621. The Morgan fingerprint density at radius 1 is 1.08 bits per heavy atom. The van der Waals surface area contributed by atoms with Gasteiger partial charge in [-0.3, -0.25) is 0 Å². The van der Waals surface area contributed by atoms with Gasteiger partial charge in [0, 0.05) is 7.11 Å². The molecule has 0 atom stereocenters. The van der Waals surface area contributed by atoms with Gasteiger partial charge in [-0.2, -0.15) is 0 Å². The molecule has 0 unspecified atom stereocenters. The Morgan fingerprint density at radius 3 is 2.50 bits per heavy atom. The van der Waals surface area contributed by atoms with E-state index >= 15 is 0 Å². The zero-order valence-electron chi connectivity index (χ0n) is 7.32. The lowest BCUT2D eigenvalue weighted by Gasteiger charge is -2.02. The van der Waals surface area contributed by atoms with Crippen molar-refractivity contribution >= 4 is 0 Å². The van der Waals surface area contributed by atoms with E-state index in [9.17, 15) is 0 Å². The molecule has 12 heavy (non-hydrogen) atoms. The van der Waals surface area contributed by atoms with Gasteiger partial charge in [-0.15, -0.1) is 0 Å². The van der Waals surface area contributed by atoms with Crippen LogP contribution in [0.3, 0.4) is 0 Å². The molecule has 1 aromatic carbocycles. The molecule has 0 saturated heterocycles. The summed E-state index contributed by atoms with van der Waals surface area (Å²) in [6.45, 7) is 1.99. The summed E-state index contributed by atoms with van der Waals surface area (Å²) in [7, 11) is 1.67. The van der Waals surface area contributed by atoms with Crippen molar-refractivity contribution in [2.24, 2.45) is 0 Å². The van der Waals surface area contributed by atoms with Crippen molar-refractivity contribution in [3.05, 3.63) is 35.9 Å². The molecule has 0 bridgehead atoms. The van der Waals surface area contributed by atoms with E-state index in [-0.39, 0.29) is 0 Å². The monoisotopic (exact) mass is 166 g/mol. The maximum atomic E-state index is 5.34. The van der Waals surface area contributed by atoms with Gasteiger partial charge in [-0.05, 0) is 5.56 Å². The zero-order valence-corrected chi connectivity index (χ0v) is 7.32. The Bertz CT molecular complexity index is 196. The first-order valence-corrected chi connectivity index (χ1v) is 4.04. The van der Waals surface area contributed by atoms with Gasteiger partial charge in [0.25, 0.3) is 0 Å². The Morgan fingerprint density at radius 2 is 1.83 bits per heavy atom. The van der Waals surface area contributed by atoms with Crippen molar-refractivity contribution < 1.29 is 9.47 Å². The molecule has 2 heteroatoms. The van der Waals surface area contributed by atoms with Crippen LogP contribution in [0.1, 0.15) is 5.56 Å². The van der Waals surface area contributed by atoms with Crippen molar-refractivity contribution in [3.8, 4) is 0 Å². The van der Waals surface area contributed by atoms with E-state index in [1.165, 1.54) is 5.56 Å². The summed E-state index contributed by atoms with van der Waals surface area (Å²) >= 11 is 0. The molecule has 0 N–H and O–H groups in total. The molecule has 0 heterocycles. The highest BCUT2D eigenvalue weighted by atomic mass is 16.5. The Kier molecular flexibility index (Phi) is 4.42. The van der Waals surface area contributed by atoms with Gasteiger partial charge in [0.2, 0.25) is 0 Å². The van der Waals surface area contributed by atoms with E-state index in [4.69, 9.17) is 9.47 Å². The average molecular weight is 166 g/mol. The van der Waals surface area contributed by atoms with Crippen molar-refractivity contribution in [1.29, 1.82) is 0 Å². The molecule has 0 amide bonds. The fraction of sp³-hybridized carbons (Fsp3) is 0.400. The van der Waals surface area contributed by atoms with Crippen LogP contribution < -0.4 is 0 Å². The maximum absolute atomic E-state index is 5.34. The van der Waals surface area contributed by atoms with Crippen LogP contribution in [0, 0.1) is 0 Å². The third kappa shape index (κ3) is 3.51. The predicted molar refractivity (Wildman–Crippen MR) is 48.0 cm³/mol. The van der Waals surface area contributed by atoms with Crippen LogP contribution in [0.25, 0.3) is 0 Å². The van der Waals surface area contributed by atoms with E-state index < -0.39 is 0 Å². The Labute approximate surface area is 73.1 Å². The number of ether oxygens (including phenoxy) is 2. The fourth-order valence-corrected chi connectivity index (χ4v) is 0.907. The highest BCUT2D eigenvalue weighted by molar-refractivity contribution is 5.13. The minimum absolute atomic E-state index is 0.658. The minimum Gasteiger partial charge on any atom is -0.382 e. The highest BCUT2D eigenvalue weighted by Crippen LogP contribution is 1.99. The molecular formula is C10H14O2. The second kappa shape index (κ2) is 5.75. The molecule has 0 fully saturated rings. The first-order chi connectivity index (χ1) is 5.93. The van der Waals surface area contributed by atoms with Gasteiger partial charge in [-0.1, -0.05) is 30.3 Å². The van der Waals surface area contributed by atoms with Gasteiger partial charge in [0.1, 0.15) is 0 Å². The Balaban J connectivity index is 2.16. The third-order valence-electron chi connectivity index (χ3n) is 1.54. The van der Waals surface area contributed by atoms with Crippen LogP contribution in [0.2, 0.25) is 0 Å². The van der Waals surface area contributed by atoms with Crippen molar-refractivity contribution in [1.82, 2.24) is 0 Å². The summed E-state index contributed by atoms with van der Waals surface area (Å²) in [4.78, 5) is 0. The van der Waals surface area contributed by atoms with E-state index in [2.05, 4.69) is 0 Å². The number of hydrogen-bond acceptors (Lipinski definition) is 2. The molecule has 1 aromatic rings.